The van der Waals surface area contributed by atoms with Crippen molar-refractivity contribution in [1.29, 1.82) is 0 Å². The molecule has 0 rings (SSSR count). The maximum atomic E-state index is 10.9. The lowest BCUT2D eigenvalue weighted by atomic mass is 10.4. The molecule has 132 valence electrons. The molecule has 0 aromatic heterocycles. The number of hydrogen-bond donors (Lipinski definition) is 1. The van der Waals surface area contributed by atoms with Gasteiger partial charge in [0.05, 0.1) is 59.5 Å². The van der Waals surface area contributed by atoms with Crippen LogP contribution in [0.1, 0.15) is 19.8 Å². The molecule has 0 atom stereocenters. The molecule has 0 aromatic rings. The van der Waals surface area contributed by atoms with E-state index in [0.29, 0.717) is 65.9 Å². The van der Waals surface area contributed by atoms with Crippen LogP contribution in [0.3, 0.4) is 0 Å². The average molecular weight is 321 g/mol. The van der Waals surface area contributed by atoms with E-state index in [2.05, 4.69) is 12.2 Å². The maximum Gasteiger partial charge on any atom is 0.222 e. The van der Waals surface area contributed by atoms with E-state index in [1.54, 1.807) is 7.05 Å². The first-order chi connectivity index (χ1) is 10.8. The number of nitrogens with one attached hydrogen (secondary N) is 1. The van der Waals surface area contributed by atoms with Crippen LogP contribution in [0.15, 0.2) is 0 Å². The van der Waals surface area contributed by atoms with Gasteiger partial charge in [0.25, 0.3) is 0 Å². The summed E-state index contributed by atoms with van der Waals surface area (Å²) in [5.74, 6) is -0.0199. The molecule has 0 aliphatic rings. The fourth-order valence-corrected chi connectivity index (χ4v) is 1.42. The summed E-state index contributed by atoms with van der Waals surface area (Å²) >= 11 is 0. The van der Waals surface area contributed by atoms with Crippen molar-refractivity contribution in [3.05, 3.63) is 0 Å². The molecule has 0 saturated carbocycles. The molecule has 1 amide bonds. The Balaban J connectivity index is 2.98. The molecule has 22 heavy (non-hydrogen) atoms. The highest BCUT2D eigenvalue weighted by molar-refractivity contribution is 5.75. The lowest BCUT2D eigenvalue weighted by molar-refractivity contribution is -0.121. The zero-order chi connectivity index (χ0) is 16.3. The van der Waals surface area contributed by atoms with Crippen LogP contribution in [0.2, 0.25) is 0 Å². The minimum atomic E-state index is -0.0199. The van der Waals surface area contributed by atoms with Gasteiger partial charge >= 0.3 is 0 Å². The van der Waals surface area contributed by atoms with Crippen molar-refractivity contribution in [2.75, 3.05) is 73.1 Å². The van der Waals surface area contributed by atoms with Gasteiger partial charge in [0.1, 0.15) is 0 Å². The van der Waals surface area contributed by atoms with Crippen LogP contribution in [0.4, 0.5) is 0 Å². The highest BCUT2D eigenvalue weighted by Gasteiger charge is 1.97. The average Bonchev–Trinajstić information content (AvgIpc) is 2.54. The Labute approximate surface area is 133 Å². The van der Waals surface area contributed by atoms with Crippen molar-refractivity contribution in [1.82, 2.24) is 5.32 Å². The van der Waals surface area contributed by atoms with E-state index < -0.39 is 0 Å². The van der Waals surface area contributed by atoms with Crippen LogP contribution in [-0.4, -0.2) is 79.0 Å². The van der Waals surface area contributed by atoms with Gasteiger partial charge in [-0.15, -0.1) is 0 Å². The van der Waals surface area contributed by atoms with Crippen LogP contribution in [0.5, 0.6) is 0 Å². The van der Waals surface area contributed by atoms with Crippen molar-refractivity contribution in [3.63, 3.8) is 0 Å². The standard InChI is InChI=1S/C15H31NO6/c1-3-5-18-7-9-20-11-13-22-14-12-21-10-8-19-6-4-15(17)16-2/h3-14H2,1-2H3,(H,16,17). The molecule has 1 N–H and O–H groups in total. The lowest BCUT2D eigenvalue weighted by Gasteiger charge is -2.07. The Hall–Kier alpha value is -0.730. The SMILES string of the molecule is CCCOCCOCCOCCOCCOCCC(=O)NC. The molecule has 0 fully saturated rings. The molecule has 7 nitrogen and oxygen atoms in total. The number of amides is 1. The molecule has 0 spiro atoms. The van der Waals surface area contributed by atoms with Crippen LogP contribution < -0.4 is 5.32 Å². The Kier molecular flexibility index (Phi) is 17.7. The Morgan fingerprint density at radius 1 is 0.682 bits per heavy atom. The summed E-state index contributed by atoms with van der Waals surface area (Å²) in [7, 11) is 1.61. The summed E-state index contributed by atoms with van der Waals surface area (Å²) in [4.78, 5) is 10.9. The second kappa shape index (κ2) is 18.3. The Morgan fingerprint density at radius 2 is 1.05 bits per heavy atom. The summed E-state index contributed by atoms with van der Waals surface area (Å²) in [6.45, 7) is 7.69. The second-order valence-electron chi connectivity index (χ2n) is 4.49. The minimum Gasteiger partial charge on any atom is -0.379 e. The summed E-state index contributed by atoms with van der Waals surface area (Å²) < 4.78 is 26.5. The molecule has 0 bridgehead atoms. The van der Waals surface area contributed by atoms with Crippen molar-refractivity contribution in [2.24, 2.45) is 0 Å². The first-order valence-corrected chi connectivity index (χ1v) is 7.90. The number of rotatable bonds is 17. The minimum absolute atomic E-state index is 0.0199. The summed E-state index contributed by atoms with van der Waals surface area (Å²) in [6, 6.07) is 0. The molecule has 0 radical (unpaired) electrons. The van der Waals surface area contributed by atoms with Gasteiger partial charge in [-0.05, 0) is 6.42 Å². The molecular formula is C15H31NO6. The van der Waals surface area contributed by atoms with Gasteiger partial charge in [-0.2, -0.15) is 0 Å². The second-order valence-corrected chi connectivity index (χ2v) is 4.49. The monoisotopic (exact) mass is 321 g/mol. The van der Waals surface area contributed by atoms with E-state index in [0.717, 1.165) is 13.0 Å². The topological polar surface area (TPSA) is 75.2 Å². The predicted molar refractivity (Wildman–Crippen MR) is 83.1 cm³/mol. The first-order valence-electron chi connectivity index (χ1n) is 7.90. The molecule has 7 heteroatoms. The molecule has 0 heterocycles. The van der Waals surface area contributed by atoms with Gasteiger partial charge in [-0.3, -0.25) is 4.79 Å². The molecule has 0 unspecified atom stereocenters. The molecule has 0 saturated heterocycles. The van der Waals surface area contributed by atoms with Crippen LogP contribution in [-0.2, 0) is 28.5 Å². The predicted octanol–water partition coefficient (Wildman–Crippen LogP) is 0.616. The number of hydrogen-bond acceptors (Lipinski definition) is 6. The summed E-state index contributed by atoms with van der Waals surface area (Å²) in [5.41, 5.74) is 0. The van der Waals surface area contributed by atoms with Crippen molar-refractivity contribution in [2.45, 2.75) is 19.8 Å². The van der Waals surface area contributed by atoms with Crippen molar-refractivity contribution >= 4 is 5.91 Å². The van der Waals surface area contributed by atoms with E-state index in [-0.39, 0.29) is 5.91 Å². The lowest BCUT2D eigenvalue weighted by Crippen LogP contribution is -2.20. The summed E-state index contributed by atoms with van der Waals surface area (Å²) in [6.07, 6.45) is 1.41. The van der Waals surface area contributed by atoms with Gasteiger partial charge < -0.3 is 29.0 Å². The van der Waals surface area contributed by atoms with Gasteiger partial charge in [0.2, 0.25) is 5.91 Å². The fourth-order valence-electron chi connectivity index (χ4n) is 1.42. The van der Waals surface area contributed by atoms with Crippen LogP contribution >= 0.6 is 0 Å². The van der Waals surface area contributed by atoms with Crippen LogP contribution in [0.25, 0.3) is 0 Å². The van der Waals surface area contributed by atoms with Gasteiger partial charge in [0, 0.05) is 20.1 Å². The fraction of sp³-hybridized carbons (Fsp3) is 0.933. The number of carbonyl (C=O) groups excluding carboxylic acids is 1. The van der Waals surface area contributed by atoms with Crippen LogP contribution in [0, 0.1) is 0 Å². The molecular weight excluding hydrogens is 290 g/mol. The number of carbonyl (C=O) groups is 1. The Morgan fingerprint density at radius 3 is 1.41 bits per heavy atom. The van der Waals surface area contributed by atoms with Gasteiger partial charge in [0.15, 0.2) is 0 Å². The largest absolute Gasteiger partial charge is 0.379 e. The zero-order valence-corrected chi connectivity index (χ0v) is 13.9. The smallest absolute Gasteiger partial charge is 0.222 e. The van der Waals surface area contributed by atoms with Crippen molar-refractivity contribution < 1.29 is 28.5 Å². The number of ether oxygens (including phenoxy) is 5. The highest BCUT2D eigenvalue weighted by atomic mass is 16.6. The van der Waals surface area contributed by atoms with Gasteiger partial charge in [-0.25, -0.2) is 0 Å². The van der Waals surface area contributed by atoms with Crippen molar-refractivity contribution in [3.8, 4) is 0 Å². The van der Waals surface area contributed by atoms with E-state index >= 15 is 0 Å². The van der Waals surface area contributed by atoms with E-state index in [4.69, 9.17) is 23.7 Å². The third-order valence-corrected chi connectivity index (χ3v) is 2.59. The normalized spacial score (nSPS) is 10.8. The molecule has 0 aliphatic carbocycles. The van der Waals surface area contributed by atoms with Gasteiger partial charge in [-0.1, -0.05) is 6.92 Å². The third-order valence-electron chi connectivity index (χ3n) is 2.59. The highest BCUT2D eigenvalue weighted by Crippen LogP contribution is 1.86. The summed E-state index contributed by atoms with van der Waals surface area (Å²) in [5, 5.41) is 2.53. The quantitative estimate of drug-likeness (QED) is 0.396. The first kappa shape index (κ1) is 21.3. The third kappa shape index (κ3) is 17.3. The maximum absolute atomic E-state index is 10.9. The van der Waals surface area contributed by atoms with E-state index in [1.807, 2.05) is 0 Å². The molecule has 0 aromatic carbocycles. The Bertz CT molecular complexity index is 240. The van der Waals surface area contributed by atoms with E-state index in [9.17, 15) is 4.79 Å². The molecule has 0 aliphatic heterocycles. The zero-order valence-electron chi connectivity index (χ0n) is 13.9. The van der Waals surface area contributed by atoms with E-state index in [1.165, 1.54) is 0 Å².